The van der Waals surface area contributed by atoms with Crippen LogP contribution >= 0.6 is 0 Å². The van der Waals surface area contributed by atoms with Gasteiger partial charge in [-0.05, 0) is 44.9 Å². The molecule has 3 rings (SSSR count). The van der Waals surface area contributed by atoms with Crippen LogP contribution in [0.25, 0.3) is 0 Å². The molecule has 0 N–H and O–H groups in total. The fourth-order valence-electron chi connectivity index (χ4n) is 2.95. The largest absolute Gasteiger partial charge is 0.370 e. The molecule has 1 fully saturated rings. The number of rotatable bonds is 3. The van der Waals surface area contributed by atoms with Gasteiger partial charge in [0.05, 0.1) is 11.3 Å². The zero-order chi connectivity index (χ0) is 16.4. The number of carbonyl (C=O) groups excluding carboxylic acids is 1. The minimum atomic E-state index is 0.00645. The lowest BCUT2D eigenvalue weighted by Crippen LogP contribution is -2.33. The molecule has 0 bridgehead atoms. The van der Waals surface area contributed by atoms with Crippen LogP contribution in [-0.2, 0) is 0 Å². The minimum absolute atomic E-state index is 0.00645. The van der Waals surface area contributed by atoms with E-state index in [0.29, 0.717) is 22.8 Å². The molecule has 1 aliphatic rings. The number of anilines is 1. The Morgan fingerprint density at radius 1 is 1.39 bits per heavy atom. The molecule has 1 aromatic heterocycles. The molecule has 2 aromatic rings. The summed E-state index contributed by atoms with van der Waals surface area (Å²) in [5.74, 6) is 1.62. The predicted octanol–water partition coefficient (Wildman–Crippen LogP) is 2.84. The zero-order valence-electron chi connectivity index (χ0n) is 13.2. The smallest absolute Gasteiger partial charge is 0.229 e. The fourth-order valence-corrected chi connectivity index (χ4v) is 2.95. The Bertz CT molecular complexity index is 767. The van der Waals surface area contributed by atoms with Crippen molar-refractivity contribution in [2.24, 2.45) is 0 Å². The first-order valence-electron chi connectivity index (χ1n) is 7.68. The minimum Gasteiger partial charge on any atom is -0.370 e. The Morgan fingerprint density at radius 3 is 2.70 bits per heavy atom. The summed E-state index contributed by atoms with van der Waals surface area (Å²) in [4.78, 5) is 18.1. The highest BCUT2D eigenvalue weighted by Gasteiger charge is 2.26. The van der Waals surface area contributed by atoms with E-state index in [9.17, 15) is 10.1 Å². The van der Waals surface area contributed by atoms with Gasteiger partial charge in [-0.15, -0.1) is 0 Å². The zero-order valence-corrected chi connectivity index (χ0v) is 13.2. The number of aromatic nitrogens is 2. The molecule has 118 valence electrons. The van der Waals surface area contributed by atoms with Gasteiger partial charge in [0.1, 0.15) is 6.07 Å². The van der Waals surface area contributed by atoms with E-state index >= 15 is 0 Å². The highest BCUT2D eigenvalue weighted by molar-refractivity contribution is 5.95. The monoisotopic (exact) mass is 310 g/mol. The molecule has 0 amide bonds. The Kier molecular flexibility index (Phi) is 4.11. The number of benzene rings is 1. The molecule has 0 unspecified atom stereocenters. The number of ketones is 1. The second-order valence-electron chi connectivity index (χ2n) is 5.84. The van der Waals surface area contributed by atoms with Crippen molar-refractivity contribution in [3.8, 4) is 6.07 Å². The number of carbonyl (C=O) groups is 1. The number of Topliss-reactive ketones (excluding diaryl/α,β-unsaturated/α-hetero) is 1. The van der Waals surface area contributed by atoms with E-state index in [4.69, 9.17) is 4.52 Å². The average Bonchev–Trinajstić information content (AvgIpc) is 3.01. The molecule has 6 heteroatoms. The summed E-state index contributed by atoms with van der Waals surface area (Å²) in [6, 6.07) is 7.46. The lowest BCUT2D eigenvalue weighted by Gasteiger charge is -2.32. The highest BCUT2D eigenvalue weighted by Crippen LogP contribution is 2.31. The number of nitriles is 1. The third-order valence-electron chi connectivity index (χ3n) is 4.25. The van der Waals surface area contributed by atoms with Gasteiger partial charge in [-0.25, -0.2) is 0 Å². The van der Waals surface area contributed by atoms with Gasteiger partial charge in [0.25, 0.3) is 0 Å². The lowest BCUT2D eigenvalue weighted by molar-refractivity contribution is 0.101. The van der Waals surface area contributed by atoms with Crippen LogP contribution in [0.2, 0.25) is 0 Å². The van der Waals surface area contributed by atoms with E-state index in [0.717, 1.165) is 31.6 Å². The summed E-state index contributed by atoms with van der Waals surface area (Å²) in [6.07, 6.45) is 1.77. The van der Waals surface area contributed by atoms with Crippen molar-refractivity contribution in [2.75, 3.05) is 18.0 Å². The molecule has 0 saturated carbocycles. The van der Waals surface area contributed by atoms with Crippen molar-refractivity contribution in [1.82, 2.24) is 10.1 Å². The second kappa shape index (κ2) is 6.21. The van der Waals surface area contributed by atoms with Crippen LogP contribution in [0.4, 0.5) is 5.69 Å². The Balaban J connectivity index is 1.78. The van der Waals surface area contributed by atoms with E-state index in [1.54, 1.807) is 12.1 Å². The van der Waals surface area contributed by atoms with Crippen molar-refractivity contribution in [3.63, 3.8) is 0 Å². The molecule has 0 radical (unpaired) electrons. The summed E-state index contributed by atoms with van der Waals surface area (Å²) in [5.41, 5.74) is 2.07. The second-order valence-corrected chi connectivity index (χ2v) is 5.84. The number of hydrogen-bond donors (Lipinski definition) is 0. The van der Waals surface area contributed by atoms with Crippen molar-refractivity contribution < 1.29 is 9.32 Å². The molecule has 2 heterocycles. The molecule has 0 spiro atoms. The standard InChI is InChI=1S/C17H18N4O2/c1-11(22)14-3-4-15(10-18)16(9-14)21-7-5-13(6-8-21)17-19-12(2)20-23-17/h3-4,9,13H,5-8H2,1-2H3. The molecule has 1 aromatic carbocycles. The molecule has 0 atom stereocenters. The van der Waals surface area contributed by atoms with Gasteiger partial charge in [0, 0.05) is 24.6 Å². The summed E-state index contributed by atoms with van der Waals surface area (Å²) >= 11 is 0. The SMILES string of the molecule is CC(=O)c1ccc(C#N)c(N2CCC(c3nc(C)no3)CC2)c1. The maximum absolute atomic E-state index is 11.6. The normalized spacial score (nSPS) is 15.4. The first-order chi connectivity index (χ1) is 11.1. The van der Waals surface area contributed by atoms with Gasteiger partial charge < -0.3 is 9.42 Å². The first-order valence-corrected chi connectivity index (χ1v) is 7.68. The lowest BCUT2D eigenvalue weighted by atomic mass is 9.95. The third kappa shape index (κ3) is 3.09. The molecule has 6 nitrogen and oxygen atoms in total. The number of aryl methyl sites for hydroxylation is 1. The van der Waals surface area contributed by atoms with Crippen molar-refractivity contribution in [2.45, 2.75) is 32.6 Å². The summed E-state index contributed by atoms with van der Waals surface area (Å²) in [5, 5.41) is 13.2. The van der Waals surface area contributed by atoms with E-state index in [-0.39, 0.29) is 11.7 Å². The Morgan fingerprint density at radius 2 is 2.13 bits per heavy atom. The molecular weight excluding hydrogens is 292 g/mol. The fraction of sp³-hybridized carbons (Fsp3) is 0.412. The quantitative estimate of drug-likeness (QED) is 0.811. The summed E-state index contributed by atoms with van der Waals surface area (Å²) in [6.45, 7) is 4.94. The van der Waals surface area contributed by atoms with E-state index < -0.39 is 0 Å². The summed E-state index contributed by atoms with van der Waals surface area (Å²) in [7, 11) is 0. The van der Waals surface area contributed by atoms with Crippen molar-refractivity contribution in [3.05, 3.63) is 41.0 Å². The topological polar surface area (TPSA) is 83.0 Å². The van der Waals surface area contributed by atoms with Gasteiger partial charge in [-0.1, -0.05) is 5.16 Å². The van der Waals surface area contributed by atoms with Gasteiger partial charge in [0.15, 0.2) is 11.6 Å². The van der Waals surface area contributed by atoms with Crippen LogP contribution in [-0.4, -0.2) is 29.0 Å². The molecule has 1 aliphatic heterocycles. The first kappa shape index (κ1) is 15.2. The predicted molar refractivity (Wildman–Crippen MR) is 84.4 cm³/mol. The van der Waals surface area contributed by atoms with E-state index in [1.807, 2.05) is 13.0 Å². The van der Waals surface area contributed by atoms with Crippen LogP contribution in [0, 0.1) is 18.3 Å². The van der Waals surface area contributed by atoms with Gasteiger partial charge in [-0.2, -0.15) is 10.2 Å². The maximum Gasteiger partial charge on any atom is 0.229 e. The van der Waals surface area contributed by atoms with Crippen LogP contribution in [0.5, 0.6) is 0 Å². The summed E-state index contributed by atoms with van der Waals surface area (Å²) < 4.78 is 5.26. The number of nitrogens with zero attached hydrogens (tertiary/aromatic N) is 4. The Labute approximate surface area is 134 Å². The molecule has 1 saturated heterocycles. The van der Waals surface area contributed by atoms with Gasteiger partial charge in [0.2, 0.25) is 5.89 Å². The van der Waals surface area contributed by atoms with Crippen LogP contribution in [0.15, 0.2) is 22.7 Å². The number of piperidine rings is 1. The average molecular weight is 310 g/mol. The molecule has 23 heavy (non-hydrogen) atoms. The molecular formula is C17H18N4O2. The highest BCUT2D eigenvalue weighted by atomic mass is 16.5. The van der Waals surface area contributed by atoms with Gasteiger partial charge in [-0.3, -0.25) is 4.79 Å². The van der Waals surface area contributed by atoms with Crippen LogP contribution in [0.3, 0.4) is 0 Å². The van der Waals surface area contributed by atoms with Gasteiger partial charge >= 0.3 is 0 Å². The van der Waals surface area contributed by atoms with Crippen LogP contribution < -0.4 is 4.90 Å². The van der Waals surface area contributed by atoms with Crippen molar-refractivity contribution >= 4 is 11.5 Å². The maximum atomic E-state index is 11.6. The van der Waals surface area contributed by atoms with Crippen LogP contribution in [0.1, 0.15) is 53.3 Å². The Hall–Kier alpha value is -2.68. The number of hydrogen-bond acceptors (Lipinski definition) is 6. The van der Waals surface area contributed by atoms with Crippen molar-refractivity contribution in [1.29, 1.82) is 5.26 Å². The van der Waals surface area contributed by atoms with E-state index in [1.165, 1.54) is 6.92 Å². The third-order valence-corrected chi connectivity index (χ3v) is 4.25. The van der Waals surface area contributed by atoms with E-state index in [2.05, 4.69) is 21.1 Å². The molecule has 0 aliphatic carbocycles.